The molecule has 0 bridgehead atoms. The van der Waals surface area contributed by atoms with Gasteiger partial charge in [-0.15, -0.1) is 11.3 Å². The van der Waals surface area contributed by atoms with E-state index in [4.69, 9.17) is 36.2 Å². The summed E-state index contributed by atoms with van der Waals surface area (Å²) in [4.78, 5) is 1.45. The number of hydrogen-bond acceptors (Lipinski definition) is 4. The fraction of sp³-hybridized carbons (Fsp3) is 0. The van der Waals surface area contributed by atoms with Gasteiger partial charge in [0.25, 0.3) is 0 Å². The maximum Gasteiger partial charge on any atom is 0.159 e. The van der Waals surface area contributed by atoms with Crippen molar-refractivity contribution in [3.05, 3.63) is 175 Å². The largest absolute Gasteiger partial charge is 0.455 e. The number of benzene rings is 8. The van der Waals surface area contributed by atoms with E-state index in [0.29, 0.717) is 5.56 Å². The molecule has 244 valence electrons. The van der Waals surface area contributed by atoms with Crippen LogP contribution < -0.4 is 4.90 Å². The summed E-state index contributed by atoms with van der Waals surface area (Å²) >= 11 is 0.952. The third kappa shape index (κ3) is 4.45. The molecule has 52 heavy (non-hydrogen) atoms. The van der Waals surface area contributed by atoms with E-state index >= 15 is 0 Å². The standard InChI is InChI=1S/C48H29NO2S/c1-4-19-43-36(10-1)39-15-7-13-34(46(39)50-43)30-22-26-32(27-23-30)49(42-18-9-16-40-37-11-2-5-20-44(37)51-47(40)42)33-28-24-31(25-29-33)35-14-8-17-41-38-12-3-6-21-45(38)52-48(35)41/h1-29H/i1D,2D,3D,4D,5D,6D,7D,8D,9D,10D,11D,12D,13D,14D,15D,16D,17D,18D,19D,20D,21D. The number of hydrogen-bond donors (Lipinski definition) is 0. The molecule has 0 saturated heterocycles. The SMILES string of the molecule is [2H]c1c([2H])c([2H])c2c(oc3c(-c4ccc(N(c5ccc(-c6c([2H])c([2H])c([2H])c7c6sc6c([2H])c([2H])c([2H])c([2H])c67)cc5)c5c([2H])c([2H])c([2H])c6c5oc5c([2H])c([2H])c([2H])c([2H])c56)cc4)c([2H])c([2H])c([2H])c32)c1[2H]. The first-order valence-corrected chi connectivity index (χ1v) is 16.6. The fourth-order valence-corrected chi connectivity index (χ4v) is 7.59. The highest BCUT2D eigenvalue weighted by molar-refractivity contribution is 7.26. The van der Waals surface area contributed by atoms with Crippen LogP contribution in [0.2, 0.25) is 0 Å². The molecule has 0 amide bonds. The Morgan fingerprint density at radius 2 is 0.923 bits per heavy atom. The summed E-state index contributed by atoms with van der Waals surface area (Å²) in [5.74, 6) is 0. The van der Waals surface area contributed by atoms with Gasteiger partial charge in [-0.1, -0.05) is 127 Å². The Morgan fingerprint density at radius 3 is 1.62 bits per heavy atom. The van der Waals surface area contributed by atoms with Gasteiger partial charge in [-0.05, 0) is 65.1 Å². The second kappa shape index (κ2) is 11.5. The van der Waals surface area contributed by atoms with E-state index in [2.05, 4.69) is 0 Å². The van der Waals surface area contributed by atoms with Crippen molar-refractivity contribution in [2.24, 2.45) is 0 Å². The molecule has 8 aromatic carbocycles. The topological polar surface area (TPSA) is 29.5 Å². The van der Waals surface area contributed by atoms with Crippen molar-refractivity contribution in [3.63, 3.8) is 0 Å². The summed E-state index contributed by atoms with van der Waals surface area (Å²) in [5.41, 5.74) is -0.106. The number of para-hydroxylation sites is 4. The van der Waals surface area contributed by atoms with Gasteiger partial charge >= 0.3 is 0 Å². The van der Waals surface area contributed by atoms with Crippen molar-refractivity contribution in [1.82, 2.24) is 0 Å². The molecule has 0 saturated carbocycles. The predicted octanol–water partition coefficient (Wildman–Crippen LogP) is 14.7. The first-order valence-electron chi connectivity index (χ1n) is 26.3. The van der Waals surface area contributed by atoms with Gasteiger partial charge in [-0.3, -0.25) is 0 Å². The lowest BCUT2D eigenvalue weighted by Gasteiger charge is -2.26. The summed E-state index contributed by atoms with van der Waals surface area (Å²) in [7, 11) is 0. The molecule has 0 unspecified atom stereocenters. The lowest BCUT2D eigenvalue weighted by Crippen LogP contribution is -2.10. The zero-order valence-corrected chi connectivity index (χ0v) is 27.1. The van der Waals surface area contributed by atoms with Crippen LogP contribution in [0.4, 0.5) is 17.1 Å². The van der Waals surface area contributed by atoms with Crippen LogP contribution in [-0.2, 0) is 0 Å². The monoisotopic (exact) mass is 704 g/mol. The van der Waals surface area contributed by atoms with Gasteiger partial charge in [-0.2, -0.15) is 0 Å². The van der Waals surface area contributed by atoms with E-state index in [1.165, 1.54) is 29.2 Å². The molecule has 0 spiro atoms. The maximum absolute atomic E-state index is 9.40. The van der Waals surface area contributed by atoms with Crippen molar-refractivity contribution >= 4 is 92.4 Å². The van der Waals surface area contributed by atoms with E-state index in [0.717, 1.165) is 11.3 Å². The van der Waals surface area contributed by atoms with Crippen LogP contribution in [0.1, 0.15) is 28.8 Å². The zero-order valence-electron chi connectivity index (χ0n) is 47.3. The Labute approximate surface area is 332 Å². The first-order chi connectivity index (χ1) is 34.5. The molecule has 0 N–H and O–H groups in total. The summed E-state index contributed by atoms with van der Waals surface area (Å²) in [5, 5.41) is -0.517. The lowest BCUT2D eigenvalue weighted by molar-refractivity contribution is 0.669. The molecule has 11 aromatic rings. The average molecular weight is 705 g/mol. The molecule has 4 heteroatoms. The minimum absolute atomic E-state index is 0.0260. The summed E-state index contributed by atoms with van der Waals surface area (Å²) in [6, 6.07) is 1.46. The molecule has 0 radical (unpaired) electrons. The van der Waals surface area contributed by atoms with Crippen molar-refractivity contribution in [3.8, 4) is 22.3 Å². The molecule has 3 heterocycles. The smallest absolute Gasteiger partial charge is 0.159 e. The number of rotatable bonds is 5. The molecule has 0 aliphatic rings. The molecular formula is C48H29NO2S. The number of furan rings is 2. The predicted molar refractivity (Wildman–Crippen MR) is 219 cm³/mol. The van der Waals surface area contributed by atoms with Crippen molar-refractivity contribution in [2.75, 3.05) is 4.90 Å². The van der Waals surface area contributed by atoms with E-state index in [1.54, 1.807) is 24.3 Å². The Bertz CT molecular complexity index is 4140. The summed E-state index contributed by atoms with van der Waals surface area (Å²) in [6.45, 7) is 0. The molecule has 3 aromatic heterocycles. The lowest BCUT2D eigenvalue weighted by atomic mass is 10.0. The van der Waals surface area contributed by atoms with Crippen LogP contribution in [0.15, 0.2) is 184 Å². The Kier molecular flexibility index (Phi) is 3.38. The fourth-order valence-electron chi connectivity index (χ4n) is 6.50. The third-order valence-electron chi connectivity index (χ3n) is 8.84. The second-order valence-electron chi connectivity index (χ2n) is 11.7. The molecule has 11 rings (SSSR count). The molecule has 0 aliphatic heterocycles. The normalized spacial score (nSPS) is 17.5. The van der Waals surface area contributed by atoms with Crippen LogP contribution >= 0.6 is 11.3 Å². The van der Waals surface area contributed by atoms with Crippen LogP contribution in [0.5, 0.6) is 0 Å². The van der Waals surface area contributed by atoms with Crippen molar-refractivity contribution < 1.29 is 37.6 Å². The molecule has 0 aliphatic carbocycles. The number of fused-ring (bicyclic) bond motifs is 9. The van der Waals surface area contributed by atoms with E-state index in [-0.39, 0.29) is 110 Å². The van der Waals surface area contributed by atoms with Crippen LogP contribution in [0.25, 0.3) is 86.3 Å². The second-order valence-corrected chi connectivity index (χ2v) is 12.7. The van der Waals surface area contributed by atoms with Crippen LogP contribution in [0, 0.1) is 0 Å². The van der Waals surface area contributed by atoms with Crippen LogP contribution in [-0.4, -0.2) is 0 Å². The Hall–Kier alpha value is -6.62. The minimum atomic E-state index is -0.631. The van der Waals surface area contributed by atoms with Gasteiger partial charge in [-0.25, -0.2) is 0 Å². The molecule has 3 nitrogen and oxygen atoms in total. The Balaban J connectivity index is 1.17. The highest BCUT2D eigenvalue weighted by atomic mass is 32.1. The highest BCUT2D eigenvalue weighted by Crippen LogP contribution is 2.45. The van der Waals surface area contributed by atoms with Gasteiger partial charge in [0, 0.05) is 58.7 Å². The molecule has 0 atom stereocenters. The summed E-state index contributed by atoms with van der Waals surface area (Å²) < 4.78 is 195. The van der Waals surface area contributed by atoms with Crippen molar-refractivity contribution in [1.29, 1.82) is 0 Å². The number of anilines is 3. The van der Waals surface area contributed by atoms with Crippen LogP contribution in [0.3, 0.4) is 0 Å². The van der Waals surface area contributed by atoms with Gasteiger partial charge in [0.1, 0.15) is 16.7 Å². The Morgan fingerprint density at radius 1 is 0.423 bits per heavy atom. The van der Waals surface area contributed by atoms with E-state index in [9.17, 15) is 1.37 Å². The molecular weight excluding hydrogens is 655 g/mol. The quantitative estimate of drug-likeness (QED) is 0.179. The van der Waals surface area contributed by atoms with Crippen molar-refractivity contribution in [2.45, 2.75) is 0 Å². The van der Waals surface area contributed by atoms with Gasteiger partial charge in [0.05, 0.1) is 34.5 Å². The first kappa shape index (κ1) is 15.3. The van der Waals surface area contributed by atoms with E-state index in [1.807, 2.05) is 0 Å². The minimum Gasteiger partial charge on any atom is -0.455 e. The maximum atomic E-state index is 9.40. The summed E-state index contributed by atoms with van der Waals surface area (Å²) in [6.07, 6.45) is 0. The number of thiophene rings is 1. The van der Waals surface area contributed by atoms with Gasteiger partial charge < -0.3 is 13.7 Å². The highest BCUT2D eigenvalue weighted by Gasteiger charge is 2.20. The van der Waals surface area contributed by atoms with Gasteiger partial charge in [0.2, 0.25) is 0 Å². The number of nitrogens with zero attached hydrogens (tertiary/aromatic N) is 1. The average Bonchev–Trinajstić information content (AvgIpc) is 4.11. The third-order valence-corrected chi connectivity index (χ3v) is 9.97. The zero-order chi connectivity index (χ0) is 52.4. The van der Waals surface area contributed by atoms with Gasteiger partial charge in [0.15, 0.2) is 5.58 Å². The molecule has 0 fully saturated rings. The van der Waals surface area contributed by atoms with E-state index < -0.39 is 115 Å².